The van der Waals surface area contributed by atoms with Crippen LogP contribution in [-0.2, 0) is 14.3 Å². The van der Waals surface area contributed by atoms with Crippen molar-refractivity contribution in [2.75, 3.05) is 13.2 Å². The number of allylic oxidation sites excluding steroid dienone is 6. The van der Waals surface area contributed by atoms with Crippen LogP contribution in [0.1, 0.15) is 361 Å². The van der Waals surface area contributed by atoms with E-state index in [1.54, 1.807) is 0 Å². The Balaban J connectivity index is 3.44. The monoisotopic (exact) mass is 1040 g/mol. The summed E-state index contributed by atoms with van der Waals surface area (Å²) >= 11 is 0. The SMILES string of the molecule is CCC/C=C\C/C=C\CCCCCCCC(=O)OCCCCCCCCCCC/C=C\CCCCCCCCCC(=O)NC(CO)C(O)CCCCCCCCCCCCCCCCCCCCCCCCCC. The lowest BCUT2D eigenvalue weighted by Gasteiger charge is -2.22. The maximum absolute atomic E-state index is 12.5. The first-order valence-electron chi connectivity index (χ1n) is 33.2. The summed E-state index contributed by atoms with van der Waals surface area (Å²) in [7, 11) is 0. The van der Waals surface area contributed by atoms with Gasteiger partial charge in [-0.1, -0.05) is 307 Å². The van der Waals surface area contributed by atoms with Crippen LogP contribution in [0.2, 0.25) is 0 Å². The minimum absolute atomic E-state index is 0.00863. The smallest absolute Gasteiger partial charge is 0.305 e. The number of unbranched alkanes of at least 4 members (excludes halogenated alkanes) is 45. The average Bonchev–Trinajstić information content (AvgIpc) is 3.40. The van der Waals surface area contributed by atoms with Crippen molar-refractivity contribution >= 4 is 11.9 Å². The summed E-state index contributed by atoms with van der Waals surface area (Å²) in [6.45, 7) is 4.90. The van der Waals surface area contributed by atoms with Gasteiger partial charge in [-0.25, -0.2) is 0 Å². The zero-order chi connectivity index (χ0) is 53.6. The Labute approximate surface area is 462 Å². The molecular formula is C68H129NO5. The first kappa shape index (κ1) is 72.1. The number of hydrogen-bond donors (Lipinski definition) is 3. The minimum atomic E-state index is -0.672. The molecule has 3 N–H and O–H groups in total. The van der Waals surface area contributed by atoms with Gasteiger partial charge in [-0.05, 0) is 77.0 Å². The lowest BCUT2D eigenvalue weighted by Crippen LogP contribution is -2.45. The van der Waals surface area contributed by atoms with Gasteiger partial charge in [-0.2, -0.15) is 0 Å². The maximum atomic E-state index is 12.5. The summed E-state index contributed by atoms with van der Waals surface area (Å²) in [6, 6.07) is -0.550. The highest BCUT2D eigenvalue weighted by Gasteiger charge is 2.20. The number of aliphatic hydroxyl groups is 2. The Hall–Kier alpha value is -1.92. The largest absolute Gasteiger partial charge is 0.466 e. The van der Waals surface area contributed by atoms with Crippen LogP contribution < -0.4 is 5.32 Å². The van der Waals surface area contributed by atoms with E-state index in [0.29, 0.717) is 25.9 Å². The van der Waals surface area contributed by atoms with Crippen molar-refractivity contribution in [2.24, 2.45) is 0 Å². The van der Waals surface area contributed by atoms with Gasteiger partial charge in [0.15, 0.2) is 0 Å². The molecule has 0 bridgehead atoms. The van der Waals surface area contributed by atoms with Crippen LogP contribution in [0, 0.1) is 0 Å². The molecule has 0 radical (unpaired) electrons. The summed E-state index contributed by atoms with van der Waals surface area (Å²) in [5.41, 5.74) is 0. The third kappa shape index (κ3) is 59.3. The van der Waals surface area contributed by atoms with Crippen LogP contribution in [-0.4, -0.2) is 47.4 Å². The van der Waals surface area contributed by atoms with Gasteiger partial charge in [0.05, 0.1) is 25.4 Å². The second-order valence-corrected chi connectivity index (χ2v) is 22.8. The van der Waals surface area contributed by atoms with E-state index in [4.69, 9.17) is 4.74 Å². The van der Waals surface area contributed by atoms with E-state index in [1.165, 1.54) is 276 Å². The Morgan fingerprint density at radius 3 is 1.09 bits per heavy atom. The van der Waals surface area contributed by atoms with Crippen LogP contribution in [0.15, 0.2) is 36.5 Å². The lowest BCUT2D eigenvalue weighted by molar-refractivity contribution is -0.143. The summed E-state index contributed by atoms with van der Waals surface area (Å²) in [5.74, 6) is -0.0490. The van der Waals surface area contributed by atoms with E-state index in [0.717, 1.165) is 51.4 Å². The summed E-state index contributed by atoms with van der Waals surface area (Å²) < 4.78 is 5.46. The lowest BCUT2D eigenvalue weighted by atomic mass is 10.0. The van der Waals surface area contributed by atoms with Crippen LogP contribution in [0.5, 0.6) is 0 Å². The van der Waals surface area contributed by atoms with E-state index in [9.17, 15) is 19.8 Å². The highest BCUT2D eigenvalue weighted by molar-refractivity contribution is 5.76. The van der Waals surface area contributed by atoms with E-state index in [2.05, 4.69) is 55.6 Å². The Kier molecular flexibility index (Phi) is 62.0. The van der Waals surface area contributed by atoms with Crippen molar-refractivity contribution in [2.45, 2.75) is 373 Å². The molecule has 2 atom stereocenters. The van der Waals surface area contributed by atoms with E-state index < -0.39 is 12.1 Å². The fourth-order valence-corrected chi connectivity index (χ4v) is 10.3. The molecule has 436 valence electrons. The molecule has 0 saturated heterocycles. The molecule has 0 spiro atoms. The summed E-state index contributed by atoms with van der Waals surface area (Å²) in [4.78, 5) is 24.6. The van der Waals surface area contributed by atoms with E-state index in [-0.39, 0.29) is 18.5 Å². The molecule has 6 nitrogen and oxygen atoms in total. The number of rotatable bonds is 62. The van der Waals surface area contributed by atoms with Crippen molar-refractivity contribution in [3.63, 3.8) is 0 Å². The predicted octanol–water partition coefficient (Wildman–Crippen LogP) is 21.1. The molecule has 0 saturated carbocycles. The van der Waals surface area contributed by atoms with Crippen molar-refractivity contribution < 1.29 is 24.5 Å². The number of ether oxygens (including phenoxy) is 1. The first-order chi connectivity index (χ1) is 36.5. The van der Waals surface area contributed by atoms with Crippen molar-refractivity contribution in [3.8, 4) is 0 Å². The van der Waals surface area contributed by atoms with Gasteiger partial charge in [0.2, 0.25) is 5.91 Å². The van der Waals surface area contributed by atoms with Crippen LogP contribution >= 0.6 is 0 Å². The molecule has 0 aliphatic rings. The number of carbonyl (C=O) groups excluding carboxylic acids is 2. The Morgan fingerprint density at radius 2 is 0.703 bits per heavy atom. The molecule has 2 unspecified atom stereocenters. The zero-order valence-corrected chi connectivity index (χ0v) is 49.8. The van der Waals surface area contributed by atoms with Gasteiger partial charge in [0.1, 0.15) is 0 Å². The fourth-order valence-electron chi connectivity index (χ4n) is 10.3. The molecule has 0 heterocycles. The molecule has 0 fully saturated rings. The van der Waals surface area contributed by atoms with Crippen molar-refractivity contribution in [1.82, 2.24) is 5.32 Å². The van der Waals surface area contributed by atoms with E-state index >= 15 is 0 Å². The quantitative estimate of drug-likeness (QED) is 0.0320. The van der Waals surface area contributed by atoms with Crippen LogP contribution in [0.4, 0.5) is 0 Å². The molecule has 0 aromatic carbocycles. The third-order valence-corrected chi connectivity index (χ3v) is 15.4. The molecule has 1 amide bonds. The zero-order valence-electron chi connectivity index (χ0n) is 49.8. The van der Waals surface area contributed by atoms with Gasteiger partial charge in [-0.3, -0.25) is 9.59 Å². The number of amides is 1. The van der Waals surface area contributed by atoms with Crippen molar-refractivity contribution in [1.29, 1.82) is 0 Å². The number of carbonyl (C=O) groups is 2. The molecule has 0 aromatic heterocycles. The third-order valence-electron chi connectivity index (χ3n) is 15.4. The van der Waals surface area contributed by atoms with E-state index in [1.807, 2.05) is 0 Å². The highest BCUT2D eigenvalue weighted by atomic mass is 16.5. The average molecular weight is 1040 g/mol. The number of esters is 1. The minimum Gasteiger partial charge on any atom is -0.466 e. The molecular weight excluding hydrogens is 911 g/mol. The highest BCUT2D eigenvalue weighted by Crippen LogP contribution is 2.18. The van der Waals surface area contributed by atoms with Gasteiger partial charge >= 0.3 is 5.97 Å². The van der Waals surface area contributed by atoms with Gasteiger partial charge < -0.3 is 20.3 Å². The standard InChI is InChI=1S/C68H129NO5/c1-3-5-7-9-11-13-15-17-18-19-20-21-22-23-24-27-30-33-37-40-44-48-52-56-60-66(71)65(64-70)69-67(72)61-57-53-49-45-41-38-34-31-28-25-26-29-32-35-39-43-47-51-55-59-63-74-68(73)62-58-54-50-46-42-36-16-14-12-10-8-6-4-2/h8,10,14,16,25,28,65-66,70-71H,3-7,9,11-13,15,17-24,26-27,29-64H2,1-2H3,(H,69,72)/b10-8-,16-14-,28-25-. The summed E-state index contributed by atoms with van der Waals surface area (Å²) in [6.07, 6.45) is 80.3. The second-order valence-electron chi connectivity index (χ2n) is 22.8. The number of hydrogen-bond acceptors (Lipinski definition) is 5. The van der Waals surface area contributed by atoms with Crippen LogP contribution in [0.3, 0.4) is 0 Å². The van der Waals surface area contributed by atoms with Gasteiger partial charge in [0, 0.05) is 12.8 Å². The molecule has 6 heteroatoms. The molecule has 0 aliphatic carbocycles. The maximum Gasteiger partial charge on any atom is 0.305 e. The molecule has 0 rings (SSSR count). The Bertz CT molecular complexity index is 1200. The summed E-state index contributed by atoms with van der Waals surface area (Å²) in [5, 5.41) is 23.4. The Morgan fingerprint density at radius 1 is 0.378 bits per heavy atom. The second kappa shape index (κ2) is 63.6. The predicted molar refractivity (Wildman–Crippen MR) is 324 cm³/mol. The molecule has 74 heavy (non-hydrogen) atoms. The van der Waals surface area contributed by atoms with Crippen molar-refractivity contribution in [3.05, 3.63) is 36.5 Å². The topological polar surface area (TPSA) is 95.9 Å². The van der Waals surface area contributed by atoms with Gasteiger partial charge in [0.25, 0.3) is 0 Å². The number of nitrogens with one attached hydrogen (secondary N) is 1. The van der Waals surface area contributed by atoms with Crippen LogP contribution in [0.25, 0.3) is 0 Å². The first-order valence-corrected chi connectivity index (χ1v) is 33.2. The molecule has 0 aromatic rings. The molecule has 0 aliphatic heterocycles. The van der Waals surface area contributed by atoms with Gasteiger partial charge in [-0.15, -0.1) is 0 Å². The number of aliphatic hydroxyl groups excluding tert-OH is 2. The fraction of sp³-hybridized carbons (Fsp3) is 0.882. The normalized spacial score (nSPS) is 12.8.